The first-order valence-electron chi connectivity index (χ1n) is 11.4. The van der Waals surface area contributed by atoms with Crippen molar-refractivity contribution in [3.8, 4) is 17.4 Å². The zero-order valence-corrected chi connectivity index (χ0v) is 21.9. The van der Waals surface area contributed by atoms with Crippen LogP contribution in [0, 0.1) is 0 Å². The number of hydrogen-bond donors (Lipinski definition) is 1. The van der Waals surface area contributed by atoms with Crippen LogP contribution in [0.1, 0.15) is 38.6 Å². The second kappa shape index (κ2) is 11.0. The molecule has 194 valence electrons. The minimum Gasteiger partial charge on any atom is -0.481 e. The molecule has 14 heteroatoms. The zero-order chi connectivity index (χ0) is 25.9. The Balaban J connectivity index is 1.69. The summed E-state index contributed by atoms with van der Waals surface area (Å²) in [6.07, 6.45) is 2.53. The van der Waals surface area contributed by atoms with Gasteiger partial charge in [0.1, 0.15) is 17.6 Å². The molecule has 4 atom stereocenters. The minimum atomic E-state index is -3.94. The van der Waals surface area contributed by atoms with Crippen molar-refractivity contribution in [2.75, 3.05) is 31.7 Å². The van der Waals surface area contributed by atoms with E-state index in [9.17, 15) is 8.42 Å². The van der Waals surface area contributed by atoms with E-state index in [0.29, 0.717) is 48.1 Å². The molecule has 36 heavy (non-hydrogen) atoms. The van der Waals surface area contributed by atoms with Gasteiger partial charge in [0.15, 0.2) is 5.82 Å². The maximum Gasteiger partial charge on any atom is 0.238 e. The Morgan fingerprint density at radius 3 is 2.58 bits per heavy atom. The first-order chi connectivity index (χ1) is 17.2. The Hall–Kier alpha value is -2.87. The molecule has 1 N–H and O–H groups in total. The first-order valence-corrected chi connectivity index (χ1v) is 13.3. The molecular formula is C22H28ClN7O5S. The number of methoxy groups -OCH3 is 1. The van der Waals surface area contributed by atoms with Crippen LogP contribution in [0.25, 0.3) is 11.5 Å². The van der Waals surface area contributed by atoms with E-state index >= 15 is 0 Å². The van der Waals surface area contributed by atoms with E-state index in [2.05, 4.69) is 29.9 Å². The summed E-state index contributed by atoms with van der Waals surface area (Å²) >= 11 is 5.87. The van der Waals surface area contributed by atoms with Crippen LogP contribution in [0.15, 0.2) is 30.6 Å². The van der Waals surface area contributed by atoms with Crippen LogP contribution in [0.5, 0.6) is 5.88 Å². The lowest BCUT2D eigenvalue weighted by atomic mass is 10.1. The monoisotopic (exact) mass is 537 g/mol. The van der Waals surface area contributed by atoms with Crippen molar-refractivity contribution in [1.82, 2.24) is 29.7 Å². The van der Waals surface area contributed by atoms with E-state index in [1.54, 1.807) is 36.6 Å². The predicted molar refractivity (Wildman–Crippen MR) is 133 cm³/mol. The van der Waals surface area contributed by atoms with Crippen LogP contribution in [0.2, 0.25) is 5.02 Å². The molecule has 1 aliphatic rings. The number of aromatic nitrogens is 6. The average Bonchev–Trinajstić information content (AvgIpc) is 3.31. The standard InChI is InChI=1S/C22H28ClN7O5S/c1-13(20-24-10-16(23)11-25-20)15(3)36(31,32)29-22-28-27-21(17-6-5-7-19(26-17)33-4)30(22)14(2)18-12-34-8-9-35-18/h5-7,10-11,13-15,18H,8-9,12H2,1-4H3,(H,28,29)/t13-,14+,15-,18+/m0/s1. The summed E-state index contributed by atoms with van der Waals surface area (Å²) in [5.74, 6) is 0.617. The molecule has 0 saturated carbocycles. The van der Waals surface area contributed by atoms with Gasteiger partial charge in [-0.05, 0) is 19.9 Å². The molecule has 0 aromatic carbocycles. The van der Waals surface area contributed by atoms with Gasteiger partial charge >= 0.3 is 0 Å². The van der Waals surface area contributed by atoms with Crippen LogP contribution in [0.3, 0.4) is 0 Å². The van der Waals surface area contributed by atoms with Crippen molar-refractivity contribution in [1.29, 1.82) is 0 Å². The summed E-state index contributed by atoms with van der Waals surface area (Å²) in [5, 5.41) is 7.91. The Bertz CT molecular complexity index is 1280. The Labute approximate surface area is 214 Å². The number of nitrogens with zero attached hydrogens (tertiary/aromatic N) is 6. The van der Waals surface area contributed by atoms with E-state index in [0.717, 1.165) is 0 Å². The van der Waals surface area contributed by atoms with Gasteiger partial charge in [0.05, 0.1) is 43.2 Å². The van der Waals surface area contributed by atoms with Gasteiger partial charge in [-0.1, -0.05) is 24.6 Å². The highest BCUT2D eigenvalue weighted by atomic mass is 35.5. The van der Waals surface area contributed by atoms with Crippen LogP contribution in [-0.4, -0.2) is 76.4 Å². The van der Waals surface area contributed by atoms with Gasteiger partial charge in [-0.15, -0.1) is 10.2 Å². The number of hydrogen-bond acceptors (Lipinski definition) is 10. The lowest BCUT2D eigenvalue weighted by Gasteiger charge is -2.30. The van der Waals surface area contributed by atoms with Gasteiger partial charge in [0.2, 0.25) is 21.9 Å². The Morgan fingerprint density at radius 1 is 1.17 bits per heavy atom. The largest absolute Gasteiger partial charge is 0.481 e. The van der Waals surface area contributed by atoms with Gasteiger partial charge < -0.3 is 14.2 Å². The normalized spacial score (nSPS) is 18.9. The first kappa shape index (κ1) is 26.2. The molecule has 4 heterocycles. The fourth-order valence-corrected chi connectivity index (χ4v) is 5.12. The van der Waals surface area contributed by atoms with E-state index in [4.69, 9.17) is 25.8 Å². The molecule has 1 fully saturated rings. The van der Waals surface area contributed by atoms with Gasteiger partial charge in [-0.25, -0.2) is 23.4 Å². The smallest absolute Gasteiger partial charge is 0.238 e. The topological polar surface area (TPSA) is 143 Å². The Kier molecular flexibility index (Phi) is 8.03. The molecule has 3 aromatic heterocycles. The second-order valence-corrected chi connectivity index (χ2v) is 10.9. The second-order valence-electron chi connectivity index (χ2n) is 8.41. The number of sulfonamides is 1. The van der Waals surface area contributed by atoms with E-state index in [1.807, 2.05) is 6.92 Å². The van der Waals surface area contributed by atoms with E-state index < -0.39 is 21.2 Å². The van der Waals surface area contributed by atoms with Crippen molar-refractivity contribution in [3.63, 3.8) is 0 Å². The summed E-state index contributed by atoms with van der Waals surface area (Å²) in [6, 6.07) is 4.84. The summed E-state index contributed by atoms with van der Waals surface area (Å²) in [5.41, 5.74) is 0.465. The molecule has 1 saturated heterocycles. The third kappa shape index (κ3) is 5.59. The van der Waals surface area contributed by atoms with Crippen LogP contribution in [-0.2, 0) is 19.5 Å². The Morgan fingerprint density at radius 2 is 1.92 bits per heavy atom. The lowest BCUT2D eigenvalue weighted by molar-refractivity contribution is -0.104. The summed E-state index contributed by atoms with van der Waals surface area (Å²) in [7, 11) is -2.43. The van der Waals surface area contributed by atoms with Crippen LogP contribution >= 0.6 is 11.6 Å². The summed E-state index contributed by atoms with van der Waals surface area (Å²) in [4.78, 5) is 12.8. The number of halogens is 1. The highest BCUT2D eigenvalue weighted by Gasteiger charge is 2.34. The quantitative estimate of drug-likeness (QED) is 0.432. The van der Waals surface area contributed by atoms with Crippen LogP contribution in [0.4, 0.5) is 5.95 Å². The highest BCUT2D eigenvalue weighted by Crippen LogP contribution is 2.30. The van der Waals surface area contributed by atoms with Crippen molar-refractivity contribution < 1.29 is 22.6 Å². The molecule has 4 rings (SSSR count). The minimum absolute atomic E-state index is 0.0346. The van der Waals surface area contributed by atoms with Crippen molar-refractivity contribution in [3.05, 3.63) is 41.4 Å². The molecule has 1 aliphatic heterocycles. The molecule has 0 bridgehead atoms. The van der Waals surface area contributed by atoms with E-state index in [1.165, 1.54) is 19.5 Å². The third-order valence-electron chi connectivity index (χ3n) is 6.12. The molecule has 12 nitrogen and oxygen atoms in total. The number of ether oxygens (including phenoxy) is 3. The van der Waals surface area contributed by atoms with Crippen molar-refractivity contribution in [2.24, 2.45) is 0 Å². The fourth-order valence-electron chi connectivity index (χ4n) is 3.78. The zero-order valence-electron chi connectivity index (χ0n) is 20.3. The molecule has 0 unspecified atom stereocenters. The third-order valence-corrected chi connectivity index (χ3v) is 8.17. The number of anilines is 1. The van der Waals surface area contributed by atoms with Gasteiger partial charge in [-0.3, -0.25) is 9.29 Å². The highest BCUT2D eigenvalue weighted by molar-refractivity contribution is 7.93. The molecular weight excluding hydrogens is 510 g/mol. The van der Waals surface area contributed by atoms with E-state index in [-0.39, 0.29) is 18.1 Å². The average molecular weight is 538 g/mol. The lowest BCUT2D eigenvalue weighted by Crippen LogP contribution is -2.37. The van der Waals surface area contributed by atoms with Crippen LogP contribution < -0.4 is 9.46 Å². The predicted octanol–water partition coefficient (Wildman–Crippen LogP) is 2.70. The van der Waals surface area contributed by atoms with Gasteiger partial charge in [0, 0.05) is 24.4 Å². The summed E-state index contributed by atoms with van der Waals surface area (Å²) < 4.78 is 47.8. The van der Waals surface area contributed by atoms with Gasteiger partial charge in [0.25, 0.3) is 0 Å². The summed E-state index contributed by atoms with van der Waals surface area (Å²) in [6.45, 7) is 6.48. The number of nitrogens with one attached hydrogen (secondary N) is 1. The maximum absolute atomic E-state index is 13.4. The number of rotatable bonds is 9. The molecule has 0 aliphatic carbocycles. The fraction of sp³-hybridized carbons (Fsp3) is 0.500. The van der Waals surface area contributed by atoms with Crippen molar-refractivity contribution >= 4 is 27.6 Å². The van der Waals surface area contributed by atoms with Crippen molar-refractivity contribution in [2.45, 2.75) is 44.1 Å². The molecule has 0 spiro atoms. The van der Waals surface area contributed by atoms with Gasteiger partial charge in [-0.2, -0.15) is 0 Å². The molecule has 0 amide bonds. The molecule has 3 aromatic rings. The molecule has 0 radical (unpaired) electrons. The number of pyridine rings is 1. The SMILES string of the molecule is COc1cccc(-c2nnc(NS(=O)(=O)[C@@H](C)[C@H](C)c3ncc(Cl)cn3)n2[C@H](C)[C@H]2COCCO2)n1. The maximum atomic E-state index is 13.4.